The van der Waals surface area contributed by atoms with Crippen LogP contribution in [0.3, 0.4) is 0 Å². The monoisotopic (exact) mass is 286 g/mol. The maximum absolute atomic E-state index is 11.6. The molecule has 0 amide bonds. The van der Waals surface area contributed by atoms with Crippen LogP contribution < -0.4 is 9.47 Å². The van der Waals surface area contributed by atoms with Crippen molar-refractivity contribution in [3.8, 4) is 11.5 Å². The van der Waals surface area contributed by atoms with Crippen molar-refractivity contribution >= 4 is 5.97 Å². The van der Waals surface area contributed by atoms with E-state index in [0.29, 0.717) is 23.5 Å². The van der Waals surface area contributed by atoms with Crippen molar-refractivity contribution in [2.45, 2.75) is 12.3 Å². The Bertz CT molecular complexity index is 607. The Morgan fingerprint density at radius 2 is 1.71 bits per heavy atom. The second kappa shape index (κ2) is 6.79. The Kier molecular flexibility index (Phi) is 4.82. The molecule has 0 heterocycles. The van der Waals surface area contributed by atoms with Gasteiger partial charge >= 0.3 is 5.97 Å². The van der Waals surface area contributed by atoms with E-state index in [1.165, 1.54) is 7.11 Å². The van der Waals surface area contributed by atoms with Crippen molar-refractivity contribution in [2.75, 3.05) is 14.2 Å². The van der Waals surface area contributed by atoms with Crippen LogP contribution in [0.15, 0.2) is 48.5 Å². The first-order chi connectivity index (χ1) is 10.2. The predicted octanol–water partition coefficient (Wildman–Crippen LogP) is 3.11. The maximum atomic E-state index is 11.6. The van der Waals surface area contributed by atoms with Crippen molar-refractivity contribution in [2.24, 2.45) is 0 Å². The lowest BCUT2D eigenvalue weighted by Gasteiger charge is -2.15. The van der Waals surface area contributed by atoms with Crippen LogP contribution in [0, 0.1) is 0 Å². The van der Waals surface area contributed by atoms with E-state index in [2.05, 4.69) is 0 Å². The summed E-state index contributed by atoms with van der Waals surface area (Å²) in [6, 6.07) is 14.8. The van der Waals surface area contributed by atoms with E-state index in [1.54, 1.807) is 25.3 Å². The van der Waals surface area contributed by atoms with Gasteiger partial charge in [-0.05, 0) is 29.7 Å². The maximum Gasteiger partial charge on any atom is 0.311 e. The van der Waals surface area contributed by atoms with Crippen molar-refractivity contribution in [1.82, 2.24) is 0 Å². The van der Waals surface area contributed by atoms with Crippen LogP contribution in [-0.4, -0.2) is 25.3 Å². The highest BCUT2D eigenvalue weighted by Gasteiger charge is 2.21. The second-order valence-electron chi connectivity index (χ2n) is 4.69. The molecule has 0 aliphatic heterocycles. The van der Waals surface area contributed by atoms with E-state index in [0.717, 1.165) is 5.56 Å². The average Bonchev–Trinajstić information content (AvgIpc) is 2.52. The van der Waals surface area contributed by atoms with Crippen LogP contribution in [0.2, 0.25) is 0 Å². The zero-order chi connectivity index (χ0) is 15.2. The summed E-state index contributed by atoms with van der Waals surface area (Å²) in [5.41, 5.74) is 1.68. The van der Waals surface area contributed by atoms with Crippen LogP contribution >= 0.6 is 0 Å². The summed E-state index contributed by atoms with van der Waals surface area (Å²) in [5.74, 6) is -0.349. The lowest BCUT2D eigenvalue weighted by atomic mass is 9.92. The quantitative estimate of drug-likeness (QED) is 0.886. The van der Waals surface area contributed by atoms with E-state index in [9.17, 15) is 9.90 Å². The molecular weight excluding hydrogens is 268 g/mol. The van der Waals surface area contributed by atoms with Crippen LogP contribution in [0.5, 0.6) is 11.5 Å². The summed E-state index contributed by atoms with van der Waals surface area (Å²) < 4.78 is 10.4. The number of aliphatic carboxylic acids is 1. The zero-order valence-electron chi connectivity index (χ0n) is 12.1. The molecule has 2 rings (SSSR count). The van der Waals surface area contributed by atoms with Crippen LogP contribution in [0.4, 0.5) is 0 Å². The fourth-order valence-electron chi connectivity index (χ4n) is 2.27. The molecule has 0 aliphatic rings. The molecule has 0 saturated heterocycles. The Morgan fingerprint density at radius 1 is 1.05 bits per heavy atom. The summed E-state index contributed by atoms with van der Waals surface area (Å²) in [6.45, 7) is 0. The van der Waals surface area contributed by atoms with E-state index >= 15 is 0 Å². The number of hydrogen-bond donors (Lipinski definition) is 1. The first kappa shape index (κ1) is 14.9. The molecule has 1 N–H and O–H groups in total. The number of carboxylic acids is 1. The second-order valence-corrected chi connectivity index (χ2v) is 4.69. The summed E-state index contributed by atoms with van der Waals surface area (Å²) in [5, 5.41) is 9.51. The molecule has 4 nitrogen and oxygen atoms in total. The minimum absolute atomic E-state index is 0.436. The Morgan fingerprint density at radius 3 is 2.29 bits per heavy atom. The number of ether oxygens (including phenoxy) is 2. The number of carboxylic acid groups (broad SMARTS) is 1. The number of benzene rings is 2. The number of methoxy groups -OCH3 is 2. The standard InChI is InChI=1S/C17H18O4/c1-20-15-9-8-13(11-16(15)21-2)14(17(18)19)10-12-6-4-3-5-7-12/h3-9,11,14H,10H2,1-2H3,(H,18,19). The highest BCUT2D eigenvalue weighted by molar-refractivity contribution is 5.77. The van der Waals surface area contributed by atoms with Gasteiger partial charge in [-0.1, -0.05) is 36.4 Å². The van der Waals surface area contributed by atoms with E-state index in [4.69, 9.17) is 9.47 Å². The van der Waals surface area contributed by atoms with Gasteiger partial charge in [0.15, 0.2) is 11.5 Å². The Balaban J connectivity index is 2.32. The number of hydrogen-bond acceptors (Lipinski definition) is 3. The molecule has 110 valence electrons. The zero-order valence-corrected chi connectivity index (χ0v) is 12.1. The van der Waals surface area contributed by atoms with Gasteiger partial charge in [-0.15, -0.1) is 0 Å². The number of rotatable bonds is 6. The average molecular weight is 286 g/mol. The van der Waals surface area contributed by atoms with E-state index in [1.807, 2.05) is 30.3 Å². The molecule has 21 heavy (non-hydrogen) atoms. The minimum atomic E-state index is -0.855. The van der Waals surface area contributed by atoms with Gasteiger partial charge in [0, 0.05) is 0 Å². The van der Waals surface area contributed by atoms with Crippen molar-refractivity contribution in [3.63, 3.8) is 0 Å². The number of carbonyl (C=O) groups is 1. The minimum Gasteiger partial charge on any atom is -0.493 e. The third-order valence-corrected chi connectivity index (χ3v) is 3.39. The van der Waals surface area contributed by atoms with Crippen molar-refractivity contribution in [1.29, 1.82) is 0 Å². The molecule has 2 aromatic carbocycles. The van der Waals surface area contributed by atoms with Gasteiger partial charge in [-0.3, -0.25) is 4.79 Å². The highest BCUT2D eigenvalue weighted by Crippen LogP contribution is 2.32. The van der Waals surface area contributed by atoms with Crippen LogP contribution in [0.1, 0.15) is 17.0 Å². The van der Waals surface area contributed by atoms with Crippen molar-refractivity contribution in [3.05, 3.63) is 59.7 Å². The molecule has 0 fully saturated rings. The summed E-state index contributed by atoms with van der Waals surface area (Å²) in [4.78, 5) is 11.6. The molecule has 0 aromatic heterocycles. The third-order valence-electron chi connectivity index (χ3n) is 3.39. The first-order valence-electron chi connectivity index (χ1n) is 6.64. The normalized spacial score (nSPS) is 11.7. The molecule has 1 unspecified atom stereocenters. The van der Waals surface area contributed by atoms with Gasteiger partial charge in [-0.25, -0.2) is 0 Å². The van der Waals surface area contributed by atoms with Gasteiger partial charge in [0.05, 0.1) is 20.1 Å². The largest absolute Gasteiger partial charge is 0.493 e. The molecule has 0 saturated carbocycles. The molecule has 0 bridgehead atoms. The molecule has 0 spiro atoms. The molecule has 1 atom stereocenters. The summed E-state index contributed by atoms with van der Waals surface area (Å²) in [6.07, 6.45) is 0.436. The van der Waals surface area contributed by atoms with E-state index < -0.39 is 11.9 Å². The fourth-order valence-corrected chi connectivity index (χ4v) is 2.27. The molecule has 2 aromatic rings. The summed E-state index contributed by atoms with van der Waals surface area (Å²) in [7, 11) is 3.09. The van der Waals surface area contributed by atoms with Crippen LogP contribution in [-0.2, 0) is 11.2 Å². The molecule has 0 aliphatic carbocycles. The lowest BCUT2D eigenvalue weighted by Crippen LogP contribution is -2.14. The third kappa shape index (κ3) is 3.54. The smallest absolute Gasteiger partial charge is 0.311 e. The lowest BCUT2D eigenvalue weighted by molar-refractivity contribution is -0.138. The van der Waals surface area contributed by atoms with Gasteiger partial charge in [0.1, 0.15) is 0 Å². The fraction of sp³-hybridized carbons (Fsp3) is 0.235. The predicted molar refractivity (Wildman–Crippen MR) is 80.1 cm³/mol. The van der Waals surface area contributed by atoms with Gasteiger partial charge in [0.25, 0.3) is 0 Å². The Hall–Kier alpha value is -2.49. The van der Waals surface area contributed by atoms with Crippen molar-refractivity contribution < 1.29 is 19.4 Å². The van der Waals surface area contributed by atoms with E-state index in [-0.39, 0.29) is 0 Å². The molecule has 0 radical (unpaired) electrons. The highest BCUT2D eigenvalue weighted by atomic mass is 16.5. The Labute approximate surface area is 123 Å². The summed E-state index contributed by atoms with van der Waals surface area (Å²) >= 11 is 0. The SMILES string of the molecule is COc1ccc(C(Cc2ccccc2)C(=O)O)cc1OC. The van der Waals surface area contributed by atoms with Crippen LogP contribution in [0.25, 0.3) is 0 Å². The molecular formula is C17H18O4. The molecule has 4 heteroatoms. The van der Waals surface area contributed by atoms with Gasteiger partial charge in [-0.2, -0.15) is 0 Å². The van der Waals surface area contributed by atoms with Gasteiger partial charge in [0.2, 0.25) is 0 Å². The van der Waals surface area contributed by atoms with Gasteiger partial charge < -0.3 is 14.6 Å². The topological polar surface area (TPSA) is 55.8 Å². The first-order valence-corrected chi connectivity index (χ1v) is 6.64.